The van der Waals surface area contributed by atoms with Crippen LogP contribution in [0.2, 0.25) is 0 Å². The normalized spacial score (nSPS) is 11.1. The Bertz CT molecular complexity index is 1130. The molecule has 0 saturated carbocycles. The van der Waals surface area contributed by atoms with E-state index in [1.165, 1.54) is 11.3 Å². The van der Waals surface area contributed by atoms with Crippen LogP contribution in [0.25, 0.3) is 21.3 Å². The van der Waals surface area contributed by atoms with Gasteiger partial charge in [0.15, 0.2) is 0 Å². The highest BCUT2D eigenvalue weighted by atomic mass is 32.1. The summed E-state index contributed by atoms with van der Waals surface area (Å²) in [4.78, 5) is 16.0. The summed E-state index contributed by atoms with van der Waals surface area (Å²) in [7, 11) is 0. The third-order valence-corrected chi connectivity index (χ3v) is 5.11. The first kappa shape index (κ1) is 18.2. The number of nitrogens with one attached hydrogen (secondary N) is 1. The second-order valence-corrected chi connectivity index (χ2v) is 7.08. The van der Waals surface area contributed by atoms with Crippen LogP contribution in [-0.2, 0) is 17.6 Å². The maximum Gasteiger partial charge on any atom is 0.230 e. The molecule has 28 heavy (non-hydrogen) atoms. The second kappa shape index (κ2) is 7.83. The molecule has 0 fully saturated rings. The van der Waals surface area contributed by atoms with E-state index in [9.17, 15) is 9.18 Å². The Morgan fingerprint density at radius 1 is 1.14 bits per heavy atom. The summed E-state index contributed by atoms with van der Waals surface area (Å²) in [6.45, 7) is 0.0437. The van der Waals surface area contributed by atoms with Crippen LogP contribution in [-0.4, -0.2) is 27.8 Å². The highest BCUT2D eigenvalue weighted by Crippen LogP contribution is 2.32. The van der Waals surface area contributed by atoms with Crippen LogP contribution >= 0.6 is 11.3 Å². The molecule has 0 bridgehead atoms. The van der Waals surface area contributed by atoms with Gasteiger partial charge in [-0.05, 0) is 17.7 Å². The second-order valence-electron chi connectivity index (χ2n) is 6.00. The molecule has 2 aromatic heterocycles. The van der Waals surface area contributed by atoms with E-state index in [2.05, 4.69) is 20.5 Å². The molecule has 7 nitrogen and oxygen atoms in total. The zero-order valence-corrected chi connectivity index (χ0v) is 15.5. The Labute approximate surface area is 163 Å². The van der Waals surface area contributed by atoms with E-state index >= 15 is 0 Å². The van der Waals surface area contributed by atoms with Gasteiger partial charge >= 0.3 is 0 Å². The molecule has 2 aromatic carbocycles. The van der Waals surface area contributed by atoms with Crippen LogP contribution in [0.15, 0.2) is 46.9 Å². The summed E-state index contributed by atoms with van der Waals surface area (Å²) >= 11 is 1.25. The van der Waals surface area contributed by atoms with E-state index in [0.29, 0.717) is 26.7 Å². The Hall–Kier alpha value is -3.17. The number of carbonyl (C=O) groups excluding carboxylic acids is 1. The first-order chi connectivity index (χ1) is 13.6. The van der Waals surface area contributed by atoms with Gasteiger partial charge in [-0.15, -0.1) is 21.5 Å². The molecule has 9 heteroatoms. The van der Waals surface area contributed by atoms with Crippen LogP contribution in [0.3, 0.4) is 0 Å². The number of hydrogen-bond acceptors (Lipinski definition) is 7. The molecule has 0 spiro atoms. The summed E-state index contributed by atoms with van der Waals surface area (Å²) in [6, 6.07) is 12.9. The van der Waals surface area contributed by atoms with E-state index in [1.54, 1.807) is 12.1 Å². The van der Waals surface area contributed by atoms with Crippen molar-refractivity contribution in [2.24, 2.45) is 5.73 Å². The number of carbonyl (C=O) groups is 1. The van der Waals surface area contributed by atoms with Gasteiger partial charge in [0, 0.05) is 5.56 Å². The standard InChI is InChI=1S/C19H16FN5O2S/c20-18-12(11-4-2-1-3-5-11)6-7-13-19(18)28-17(23-13)9-16-25-24-15(27-16)8-14(26)22-10-21/h1-7H,8-10,21H2,(H,22,26). The van der Waals surface area contributed by atoms with Crippen molar-refractivity contribution in [3.05, 3.63) is 65.1 Å². The highest BCUT2D eigenvalue weighted by Gasteiger charge is 2.16. The summed E-state index contributed by atoms with van der Waals surface area (Å²) < 4.78 is 20.9. The molecule has 0 atom stereocenters. The fraction of sp³-hybridized carbons (Fsp3) is 0.158. The SMILES string of the molecule is NCNC(=O)Cc1nnc(Cc2nc3ccc(-c4ccccc4)c(F)c3s2)o1. The van der Waals surface area contributed by atoms with Gasteiger partial charge in [0.2, 0.25) is 17.7 Å². The lowest BCUT2D eigenvalue weighted by Gasteiger charge is -2.03. The molecule has 4 aromatic rings. The highest BCUT2D eigenvalue weighted by molar-refractivity contribution is 7.18. The molecular formula is C19H16FN5O2S. The number of aromatic nitrogens is 3. The molecule has 1 amide bonds. The molecular weight excluding hydrogens is 381 g/mol. The van der Waals surface area contributed by atoms with Crippen molar-refractivity contribution in [2.45, 2.75) is 12.8 Å². The summed E-state index contributed by atoms with van der Waals surface area (Å²) in [5.74, 6) is -0.0803. The third-order valence-electron chi connectivity index (χ3n) is 4.05. The molecule has 4 rings (SSSR count). The smallest absolute Gasteiger partial charge is 0.230 e. The van der Waals surface area contributed by atoms with E-state index in [1.807, 2.05) is 30.3 Å². The predicted octanol–water partition coefficient (Wildman–Crippen LogP) is 2.65. The molecule has 0 unspecified atom stereocenters. The van der Waals surface area contributed by atoms with Gasteiger partial charge < -0.3 is 15.5 Å². The molecule has 3 N–H and O–H groups in total. The van der Waals surface area contributed by atoms with Crippen molar-refractivity contribution in [1.29, 1.82) is 0 Å². The maximum absolute atomic E-state index is 15.0. The van der Waals surface area contributed by atoms with Gasteiger partial charge in [-0.25, -0.2) is 9.37 Å². The molecule has 142 valence electrons. The Kier molecular flexibility index (Phi) is 5.09. The third kappa shape index (κ3) is 3.75. The number of nitrogens with zero attached hydrogens (tertiary/aromatic N) is 3. The number of hydrogen-bond donors (Lipinski definition) is 2. The molecule has 0 radical (unpaired) electrons. The molecule has 0 aliphatic rings. The fourth-order valence-corrected chi connectivity index (χ4v) is 3.79. The molecule has 2 heterocycles. The lowest BCUT2D eigenvalue weighted by atomic mass is 10.1. The Morgan fingerprint density at radius 2 is 1.93 bits per heavy atom. The van der Waals surface area contributed by atoms with Crippen molar-refractivity contribution < 1.29 is 13.6 Å². The van der Waals surface area contributed by atoms with Crippen LogP contribution in [0.1, 0.15) is 16.8 Å². The number of fused-ring (bicyclic) bond motifs is 1. The number of halogens is 1. The lowest BCUT2D eigenvalue weighted by molar-refractivity contribution is -0.120. The van der Waals surface area contributed by atoms with Gasteiger partial charge in [-0.1, -0.05) is 30.3 Å². The average Bonchev–Trinajstić information content (AvgIpc) is 3.30. The van der Waals surface area contributed by atoms with Gasteiger partial charge in [0.1, 0.15) is 17.2 Å². The maximum atomic E-state index is 15.0. The fourth-order valence-electron chi connectivity index (χ4n) is 2.80. The van der Waals surface area contributed by atoms with Crippen molar-refractivity contribution in [1.82, 2.24) is 20.5 Å². The first-order valence-corrected chi connectivity index (χ1v) is 9.37. The Morgan fingerprint density at radius 3 is 2.71 bits per heavy atom. The van der Waals surface area contributed by atoms with Crippen LogP contribution in [0.5, 0.6) is 0 Å². The van der Waals surface area contributed by atoms with Crippen LogP contribution in [0.4, 0.5) is 4.39 Å². The van der Waals surface area contributed by atoms with Crippen LogP contribution in [0, 0.1) is 5.82 Å². The van der Waals surface area contributed by atoms with Gasteiger partial charge in [-0.3, -0.25) is 4.79 Å². The van der Waals surface area contributed by atoms with Crippen molar-refractivity contribution in [2.75, 3.05) is 6.67 Å². The summed E-state index contributed by atoms with van der Waals surface area (Å²) in [5.41, 5.74) is 7.18. The zero-order valence-electron chi connectivity index (χ0n) is 14.7. The first-order valence-electron chi connectivity index (χ1n) is 8.55. The number of benzene rings is 2. The van der Waals surface area contributed by atoms with Gasteiger partial charge in [0.25, 0.3) is 0 Å². The predicted molar refractivity (Wildman–Crippen MR) is 103 cm³/mol. The van der Waals surface area contributed by atoms with Crippen LogP contribution < -0.4 is 11.1 Å². The molecule has 0 saturated heterocycles. The van der Waals surface area contributed by atoms with E-state index in [0.717, 1.165) is 5.56 Å². The number of nitrogens with two attached hydrogens (primary N) is 1. The average molecular weight is 397 g/mol. The van der Waals surface area contributed by atoms with E-state index in [-0.39, 0.29) is 37.1 Å². The quantitative estimate of drug-likeness (QED) is 0.485. The van der Waals surface area contributed by atoms with Crippen molar-refractivity contribution in [3.63, 3.8) is 0 Å². The van der Waals surface area contributed by atoms with E-state index < -0.39 is 0 Å². The number of amides is 1. The molecule has 0 aliphatic heterocycles. The van der Waals surface area contributed by atoms with Gasteiger partial charge in [0.05, 0.1) is 23.3 Å². The zero-order chi connectivity index (χ0) is 19.5. The Balaban J connectivity index is 1.56. The lowest BCUT2D eigenvalue weighted by Crippen LogP contribution is -2.30. The summed E-state index contributed by atoms with van der Waals surface area (Å²) in [6.07, 6.45) is 0.226. The molecule has 0 aliphatic carbocycles. The minimum Gasteiger partial charge on any atom is -0.424 e. The summed E-state index contributed by atoms with van der Waals surface area (Å²) in [5, 5.41) is 10.9. The minimum absolute atomic E-state index is 0.0426. The number of thiazole rings is 1. The van der Waals surface area contributed by atoms with Gasteiger partial charge in [-0.2, -0.15) is 0 Å². The van der Waals surface area contributed by atoms with Crippen molar-refractivity contribution >= 4 is 27.5 Å². The minimum atomic E-state index is -0.298. The monoisotopic (exact) mass is 397 g/mol. The number of rotatable bonds is 6. The van der Waals surface area contributed by atoms with E-state index in [4.69, 9.17) is 10.2 Å². The van der Waals surface area contributed by atoms with Crippen molar-refractivity contribution in [3.8, 4) is 11.1 Å². The largest absolute Gasteiger partial charge is 0.424 e. The topological polar surface area (TPSA) is 107 Å².